The van der Waals surface area contributed by atoms with Crippen LogP contribution in [0.5, 0.6) is 0 Å². The van der Waals surface area contributed by atoms with Crippen LogP contribution in [-0.2, 0) is 23.1 Å². The number of esters is 1. The highest BCUT2D eigenvalue weighted by atomic mass is 31.2. The van der Waals surface area contributed by atoms with Gasteiger partial charge in [-0.1, -0.05) is 0 Å². The minimum Gasteiger partial charge on any atom is -0.468 e. The number of hydrogen-bond donors (Lipinski definition) is 0. The summed E-state index contributed by atoms with van der Waals surface area (Å²) in [5, 5.41) is -1.29. The molecule has 0 aliphatic heterocycles. The molecule has 0 aromatic carbocycles. The molecule has 0 heterocycles. The van der Waals surface area contributed by atoms with Gasteiger partial charge < -0.3 is 13.8 Å². The maximum Gasteiger partial charge on any atom is 0.346 e. The van der Waals surface area contributed by atoms with Gasteiger partial charge in [0, 0.05) is 14.2 Å². The van der Waals surface area contributed by atoms with Crippen molar-refractivity contribution in [1.29, 1.82) is 0 Å². The number of ether oxygens (including phenoxy) is 1. The molecule has 0 N–H and O–H groups in total. The molecule has 0 unspecified atom stereocenters. The second kappa shape index (κ2) is 4.22. The number of methoxy groups -OCH3 is 1. The van der Waals surface area contributed by atoms with E-state index < -0.39 is 18.7 Å². The van der Waals surface area contributed by atoms with E-state index in [-0.39, 0.29) is 0 Å². The molecule has 0 rings (SSSR count). The van der Waals surface area contributed by atoms with Crippen LogP contribution in [0.4, 0.5) is 0 Å². The van der Waals surface area contributed by atoms with Crippen LogP contribution in [0.15, 0.2) is 0 Å². The van der Waals surface area contributed by atoms with Crippen molar-refractivity contribution in [2.24, 2.45) is 0 Å². The topological polar surface area (TPSA) is 61.8 Å². The van der Waals surface area contributed by atoms with Crippen LogP contribution in [0.2, 0.25) is 0 Å². The van der Waals surface area contributed by atoms with E-state index in [1.807, 2.05) is 0 Å². The van der Waals surface area contributed by atoms with Crippen molar-refractivity contribution < 1.29 is 23.1 Å². The molecule has 0 aromatic rings. The molecule has 0 saturated carbocycles. The minimum absolute atomic E-state index is 0.625. The number of hydrogen-bond acceptors (Lipinski definition) is 5. The molecular weight excluding hydrogens is 195 g/mol. The van der Waals surface area contributed by atoms with Crippen molar-refractivity contribution in [3.8, 4) is 0 Å². The van der Waals surface area contributed by atoms with Crippen LogP contribution in [-0.4, -0.2) is 32.5 Å². The van der Waals surface area contributed by atoms with Crippen LogP contribution in [0.3, 0.4) is 0 Å². The van der Waals surface area contributed by atoms with Gasteiger partial charge in [0.1, 0.15) is 0 Å². The zero-order valence-corrected chi connectivity index (χ0v) is 9.38. The fourth-order valence-electron chi connectivity index (χ4n) is 0.893. The molecule has 78 valence electrons. The molecular formula is C7H15O5P. The molecule has 13 heavy (non-hydrogen) atoms. The molecule has 0 radical (unpaired) electrons. The smallest absolute Gasteiger partial charge is 0.346 e. The Hall–Kier alpha value is -0.380. The summed E-state index contributed by atoms with van der Waals surface area (Å²) in [5.74, 6) is -0.625. The quantitative estimate of drug-likeness (QED) is 0.518. The lowest BCUT2D eigenvalue weighted by atomic mass is 10.2. The van der Waals surface area contributed by atoms with Gasteiger partial charge in [0.25, 0.3) is 0 Å². The SMILES string of the molecule is COC(=O)C(C)(C)P(=O)(OC)OC. The van der Waals surface area contributed by atoms with Gasteiger partial charge in [0.05, 0.1) is 7.11 Å². The number of carbonyl (C=O) groups excluding carboxylic acids is 1. The Labute approximate surface area is 77.9 Å². The molecule has 5 nitrogen and oxygen atoms in total. The normalized spacial score (nSPS) is 12.7. The van der Waals surface area contributed by atoms with E-state index >= 15 is 0 Å². The highest BCUT2D eigenvalue weighted by Crippen LogP contribution is 2.58. The molecule has 0 aliphatic rings. The van der Waals surface area contributed by atoms with Gasteiger partial charge in [-0.25, -0.2) is 0 Å². The lowest BCUT2D eigenvalue weighted by molar-refractivity contribution is -0.143. The lowest BCUT2D eigenvalue weighted by Crippen LogP contribution is -2.33. The summed E-state index contributed by atoms with van der Waals surface area (Å²) >= 11 is 0. The third-order valence-electron chi connectivity index (χ3n) is 1.85. The van der Waals surface area contributed by atoms with Crippen LogP contribution >= 0.6 is 7.60 Å². The summed E-state index contributed by atoms with van der Waals surface area (Å²) in [5.41, 5.74) is 0. The van der Waals surface area contributed by atoms with Crippen molar-refractivity contribution in [3.63, 3.8) is 0 Å². The Morgan fingerprint density at radius 1 is 1.15 bits per heavy atom. The maximum absolute atomic E-state index is 11.8. The van der Waals surface area contributed by atoms with Crippen LogP contribution in [0.25, 0.3) is 0 Å². The molecule has 6 heteroatoms. The predicted molar refractivity (Wildman–Crippen MR) is 47.7 cm³/mol. The minimum atomic E-state index is -3.43. The molecule has 0 aliphatic carbocycles. The maximum atomic E-state index is 11.8. The Balaban J connectivity index is 5.00. The highest BCUT2D eigenvalue weighted by molar-refractivity contribution is 7.56. The first-order valence-electron chi connectivity index (χ1n) is 3.65. The van der Waals surface area contributed by atoms with Gasteiger partial charge in [-0.3, -0.25) is 9.36 Å². The van der Waals surface area contributed by atoms with E-state index in [0.717, 1.165) is 0 Å². The first kappa shape index (κ1) is 12.6. The third kappa shape index (κ3) is 2.10. The second-order valence-electron chi connectivity index (χ2n) is 2.91. The van der Waals surface area contributed by atoms with Crippen molar-refractivity contribution in [2.45, 2.75) is 19.0 Å². The summed E-state index contributed by atoms with van der Waals surface area (Å²) in [6.07, 6.45) is 0. The Kier molecular flexibility index (Phi) is 4.10. The third-order valence-corrected chi connectivity index (χ3v) is 4.36. The molecule has 0 aromatic heterocycles. The number of rotatable bonds is 4. The summed E-state index contributed by atoms with van der Waals surface area (Å²) in [4.78, 5) is 11.2. The van der Waals surface area contributed by atoms with E-state index in [2.05, 4.69) is 4.74 Å². The average Bonchev–Trinajstić information content (AvgIpc) is 2.14. The molecule has 0 amide bonds. The zero-order valence-electron chi connectivity index (χ0n) is 8.49. The van der Waals surface area contributed by atoms with Gasteiger partial charge in [-0.2, -0.15) is 0 Å². The van der Waals surface area contributed by atoms with Gasteiger partial charge in [-0.05, 0) is 13.8 Å². The first-order valence-corrected chi connectivity index (χ1v) is 5.20. The fourth-order valence-corrected chi connectivity index (χ4v) is 2.27. The summed E-state index contributed by atoms with van der Waals surface area (Å²) in [6.45, 7) is 2.90. The largest absolute Gasteiger partial charge is 0.468 e. The van der Waals surface area contributed by atoms with E-state index in [9.17, 15) is 9.36 Å². The summed E-state index contributed by atoms with van der Waals surface area (Å²) in [6, 6.07) is 0. The number of carbonyl (C=O) groups is 1. The summed E-state index contributed by atoms with van der Waals surface area (Å²) in [7, 11) is 0.253. The van der Waals surface area contributed by atoms with Crippen molar-refractivity contribution >= 4 is 13.6 Å². The van der Waals surface area contributed by atoms with Crippen LogP contribution in [0.1, 0.15) is 13.8 Å². The van der Waals surface area contributed by atoms with Gasteiger partial charge >= 0.3 is 13.6 Å². The van der Waals surface area contributed by atoms with E-state index in [1.165, 1.54) is 35.2 Å². The zero-order chi connectivity index (χ0) is 10.7. The second-order valence-corrected chi connectivity index (χ2v) is 5.76. The van der Waals surface area contributed by atoms with Crippen LogP contribution in [0, 0.1) is 0 Å². The van der Waals surface area contributed by atoms with Gasteiger partial charge in [-0.15, -0.1) is 0 Å². The lowest BCUT2D eigenvalue weighted by Gasteiger charge is -2.28. The van der Waals surface area contributed by atoms with Gasteiger partial charge in [0.2, 0.25) is 0 Å². The Morgan fingerprint density at radius 2 is 1.54 bits per heavy atom. The fraction of sp³-hybridized carbons (Fsp3) is 0.857. The standard InChI is InChI=1S/C7H15O5P/c1-7(2,6(8)10-3)13(9,11-4)12-5/h1-5H3. The van der Waals surface area contributed by atoms with Gasteiger partial charge in [0.15, 0.2) is 5.16 Å². The Morgan fingerprint density at radius 3 is 1.77 bits per heavy atom. The molecule has 0 spiro atoms. The summed E-state index contributed by atoms with van der Waals surface area (Å²) < 4.78 is 25.7. The first-order chi connectivity index (χ1) is 5.85. The van der Waals surface area contributed by atoms with Crippen LogP contribution < -0.4 is 0 Å². The Bertz CT molecular complexity index is 227. The molecule has 0 atom stereocenters. The highest BCUT2D eigenvalue weighted by Gasteiger charge is 2.49. The van der Waals surface area contributed by atoms with E-state index in [4.69, 9.17) is 9.05 Å². The molecule has 0 bridgehead atoms. The monoisotopic (exact) mass is 210 g/mol. The predicted octanol–water partition coefficient (Wildman–Crippen LogP) is 1.42. The van der Waals surface area contributed by atoms with Crippen molar-refractivity contribution in [1.82, 2.24) is 0 Å². The van der Waals surface area contributed by atoms with E-state index in [0.29, 0.717) is 0 Å². The van der Waals surface area contributed by atoms with E-state index in [1.54, 1.807) is 0 Å². The average molecular weight is 210 g/mol. The molecule has 0 saturated heterocycles. The molecule has 0 fully saturated rings. The van der Waals surface area contributed by atoms with Crippen molar-refractivity contribution in [2.75, 3.05) is 21.3 Å². The van der Waals surface area contributed by atoms with Crippen molar-refractivity contribution in [3.05, 3.63) is 0 Å².